The zero-order valence-corrected chi connectivity index (χ0v) is 11.9. The maximum absolute atomic E-state index is 11.8. The Bertz CT molecular complexity index is 582. The Balaban J connectivity index is 1.97. The van der Waals surface area contributed by atoms with Crippen molar-refractivity contribution >= 4 is 28.3 Å². The van der Waals surface area contributed by atoms with Gasteiger partial charge in [0.05, 0.1) is 5.69 Å². The lowest BCUT2D eigenvalue weighted by molar-refractivity contribution is -0.116. The molecule has 0 aromatic carbocycles. The molecule has 2 aromatic rings. The second-order valence-electron chi connectivity index (χ2n) is 5.14. The van der Waals surface area contributed by atoms with Crippen LogP contribution in [-0.2, 0) is 16.8 Å². The van der Waals surface area contributed by atoms with Gasteiger partial charge in [-0.1, -0.05) is 20.8 Å². The molecule has 8 heteroatoms. The molecule has 0 unspecified atom stereocenters. The number of thiazole rings is 1. The first-order valence-electron chi connectivity index (χ1n) is 5.75. The summed E-state index contributed by atoms with van der Waals surface area (Å²) in [6, 6.07) is 0. The van der Waals surface area contributed by atoms with Crippen LogP contribution in [0.1, 0.15) is 26.5 Å². The first-order valence-corrected chi connectivity index (χ1v) is 6.63. The van der Waals surface area contributed by atoms with Crippen molar-refractivity contribution in [3.8, 4) is 0 Å². The molecule has 3 N–H and O–H groups in total. The minimum absolute atomic E-state index is 0.0279. The third-order valence-electron chi connectivity index (χ3n) is 2.38. The molecule has 19 heavy (non-hydrogen) atoms. The van der Waals surface area contributed by atoms with Gasteiger partial charge in [-0.25, -0.2) is 14.6 Å². The molecular formula is C11H16N6OS. The number of hydrogen-bond acceptors (Lipinski definition) is 6. The molecule has 0 aliphatic carbocycles. The van der Waals surface area contributed by atoms with E-state index in [4.69, 9.17) is 5.73 Å². The van der Waals surface area contributed by atoms with E-state index >= 15 is 0 Å². The molecule has 7 nitrogen and oxygen atoms in total. The average molecular weight is 280 g/mol. The lowest BCUT2D eigenvalue weighted by atomic mass is 9.93. The Morgan fingerprint density at radius 3 is 2.79 bits per heavy atom. The van der Waals surface area contributed by atoms with E-state index in [1.807, 2.05) is 5.38 Å². The van der Waals surface area contributed by atoms with Gasteiger partial charge >= 0.3 is 0 Å². The number of aromatic nitrogens is 4. The second-order valence-corrected chi connectivity index (χ2v) is 5.99. The largest absolute Gasteiger partial charge is 0.367 e. The molecule has 0 saturated carbocycles. The zero-order chi connectivity index (χ0) is 14.0. The van der Waals surface area contributed by atoms with Crippen LogP contribution in [0.4, 0.5) is 11.1 Å². The fourth-order valence-corrected chi connectivity index (χ4v) is 2.32. The van der Waals surface area contributed by atoms with Gasteiger partial charge in [0, 0.05) is 10.8 Å². The van der Waals surface area contributed by atoms with Crippen molar-refractivity contribution in [2.75, 3.05) is 11.1 Å². The molecule has 2 aromatic heterocycles. The number of amides is 1. The third kappa shape index (κ3) is 3.50. The van der Waals surface area contributed by atoms with E-state index in [1.165, 1.54) is 22.3 Å². The van der Waals surface area contributed by atoms with Crippen molar-refractivity contribution < 1.29 is 4.79 Å². The van der Waals surface area contributed by atoms with E-state index in [1.54, 1.807) is 0 Å². The van der Waals surface area contributed by atoms with Gasteiger partial charge in [-0.15, -0.1) is 16.4 Å². The van der Waals surface area contributed by atoms with Crippen molar-refractivity contribution in [2.45, 2.75) is 32.7 Å². The number of carbonyl (C=O) groups is 1. The van der Waals surface area contributed by atoms with E-state index in [0.717, 1.165) is 5.69 Å². The van der Waals surface area contributed by atoms with E-state index in [2.05, 4.69) is 41.2 Å². The Morgan fingerprint density at radius 1 is 1.53 bits per heavy atom. The van der Waals surface area contributed by atoms with Crippen LogP contribution in [0.15, 0.2) is 11.7 Å². The number of hydrogen-bond donors (Lipinski definition) is 2. The van der Waals surface area contributed by atoms with Gasteiger partial charge < -0.3 is 11.1 Å². The van der Waals surface area contributed by atoms with Gasteiger partial charge in [0.2, 0.25) is 11.9 Å². The summed E-state index contributed by atoms with van der Waals surface area (Å²) >= 11 is 1.41. The highest BCUT2D eigenvalue weighted by Gasteiger charge is 2.18. The Morgan fingerprint density at radius 2 is 2.26 bits per heavy atom. The molecule has 0 aliphatic rings. The monoisotopic (exact) mass is 280 g/mol. The summed E-state index contributed by atoms with van der Waals surface area (Å²) in [6.07, 6.45) is 1.41. The molecular weight excluding hydrogens is 264 g/mol. The van der Waals surface area contributed by atoms with E-state index in [-0.39, 0.29) is 23.8 Å². The van der Waals surface area contributed by atoms with Gasteiger partial charge in [-0.3, -0.25) is 4.79 Å². The fourth-order valence-electron chi connectivity index (χ4n) is 1.37. The lowest BCUT2D eigenvalue weighted by Gasteiger charge is -2.14. The molecule has 2 heterocycles. The van der Waals surface area contributed by atoms with Crippen LogP contribution in [0.25, 0.3) is 0 Å². The molecule has 0 saturated heterocycles. The highest BCUT2D eigenvalue weighted by atomic mass is 32.1. The lowest BCUT2D eigenvalue weighted by Crippen LogP contribution is -2.19. The molecule has 0 fully saturated rings. The summed E-state index contributed by atoms with van der Waals surface area (Å²) in [6.45, 7) is 6.29. The number of nitrogen functional groups attached to an aromatic ring is 1. The second kappa shape index (κ2) is 4.96. The summed E-state index contributed by atoms with van der Waals surface area (Å²) in [5, 5.41) is 9.11. The Hall–Kier alpha value is -1.96. The molecule has 0 bridgehead atoms. The van der Waals surface area contributed by atoms with Crippen LogP contribution in [-0.4, -0.2) is 25.7 Å². The first kappa shape index (κ1) is 13.5. The highest BCUT2D eigenvalue weighted by molar-refractivity contribution is 7.13. The van der Waals surface area contributed by atoms with Crippen LogP contribution in [0.2, 0.25) is 0 Å². The fraction of sp³-hybridized carbons (Fsp3) is 0.455. The topological polar surface area (TPSA) is 98.7 Å². The summed E-state index contributed by atoms with van der Waals surface area (Å²) in [5.74, 6) is -0.0585. The standard InChI is InChI=1S/C11H16N6OS/c1-11(2,3)7-5-19-10(14-7)15-8(18)4-17-6-13-9(12)16-17/h5-6H,4H2,1-3H3,(H2,12,16)(H,14,15,18). The van der Waals surface area contributed by atoms with Crippen LogP contribution in [0, 0.1) is 0 Å². The van der Waals surface area contributed by atoms with Crippen LogP contribution >= 0.6 is 11.3 Å². The first-order chi connectivity index (χ1) is 8.84. The molecule has 1 amide bonds. The van der Waals surface area contributed by atoms with Crippen molar-refractivity contribution in [1.82, 2.24) is 19.7 Å². The molecule has 102 valence electrons. The van der Waals surface area contributed by atoms with E-state index in [9.17, 15) is 4.79 Å². The van der Waals surface area contributed by atoms with Crippen molar-refractivity contribution in [2.24, 2.45) is 0 Å². The Kier molecular flexibility index (Phi) is 3.52. The van der Waals surface area contributed by atoms with Crippen molar-refractivity contribution in [3.05, 3.63) is 17.4 Å². The van der Waals surface area contributed by atoms with E-state index in [0.29, 0.717) is 5.13 Å². The zero-order valence-electron chi connectivity index (χ0n) is 11.0. The summed E-state index contributed by atoms with van der Waals surface area (Å²) in [5.41, 5.74) is 6.30. The minimum Gasteiger partial charge on any atom is -0.367 e. The predicted octanol–water partition coefficient (Wildman–Crippen LogP) is 1.25. The SMILES string of the molecule is CC(C)(C)c1csc(NC(=O)Cn2cnc(N)n2)n1. The molecule has 0 spiro atoms. The number of nitrogens with zero attached hydrogens (tertiary/aromatic N) is 4. The van der Waals surface area contributed by atoms with Crippen molar-refractivity contribution in [3.63, 3.8) is 0 Å². The minimum atomic E-state index is -0.209. The van der Waals surface area contributed by atoms with Gasteiger partial charge in [-0.2, -0.15) is 0 Å². The van der Waals surface area contributed by atoms with Crippen LogP contribution < -0.4 is 11.1 Å². The molecule has 0 aliphatic heterocycles. The molecule has 0 atom stereocenters. The molecule has 0 radical (unpaired) electrons. The maximum atomic E-state index is 11.8. The smallest absolute Gasteiger partial charge is 0.247 e. The quantitative estimate of drug-likeness (QED) is 0.881. The number of carbonyl (C=O) groups excluding carboxylic acids is 1. The number of anilines is 2. The Labute approximate surface area is 114 Å². The number of rotatable bonds is 3. The highest BCUT2D eigenvalue weighted by Crippen LogP contribution is 2.26. The number of nitrogens with one attached hydrogen (secondary N) is 1. The summed E-state index contributed by atoms with van der Waals surface area (Å²) in [4.78, 5) is 19.9. The van der Waals surface area contributed by atoms with Gasteiger partial charge in [0.15, 0.2) is 5.13 Å². The maximum Gasteiger partial charge on any atom is 0.247 e. The summed E-state index contributed by atoms with van der Waals surface area (Å²) in [7, 11) is 0. The van der Waals surface area contributed by atoms with E-state index < -0.39 is 0 Å². The predicted molar refractivity (Wildman–Crippen MR) is 73.9 cm³/mol. The third-order valence-corrected chi connectivity index (χ3v) is 3.14. The summed E-state index contributed by atoms with van der Waals surface area (Å²) < 4.78 is 1.38. The number of nitrogens with two attached hydrogens (primary N) is 1. The van der Waals surface area contributed by atoms with Crippen molar-refractivity contribution in [1.29, 1.82) is 0 Å². The van der Waals surface area contributed by atoms with Crippen LogP contribution in [0.5, 0.6) is 0 Å². The normalized spacial score (nSPS) is 11.5. The van der Waals surface area contributed by atoms with Gasteiger partial charge in [-0.05, 0) is 0 Å². The molecule has 2 rings (SSSR count). The van der Waals surface area contributed by atoms with Gasteiger partial charge in [0.1, 0.15) is 12.9 Å². The van der Waals surface area contributed by atoms with Gasteiger partial charge in [0.25, 0.3) is 0 Å². The van der Waals surface area contributed by atoms with Crippen LogP contribution in [0.3, 0.4) is 0 Å². The average Bonchev–Trinajstić information content (AvgIpc) is 2.87.